The van der Waals surface area contributed by atoms with Gasteiger partial charge in [0.15, 0.2) is 0 Å². The molecule has 1 aliphatic heterocycles. The fourth-order valence-electron chi connectivity index (χ4n) is 2.26. The Kier molecular flexibility index (Phi) is 2.53. The second-order valence-electron chi connectivity index (χ2n) is 4.02. The summed E-state index contributed by atoms with van der Waals surface area (Å²) in [5.41, 5.74) is -1.23. The Morgan fingerprint density at radius 3 is 2.69 bits per heavy atom. The fourth-order valence-corrected chi connectivity index (χ4v) is 2.26. The molecule has 0 N–H and O–H groups in total. The predicted octanol–water partition coefficient (Wildman–Crippen LogP) is 0.728. The summed E-state index contributed by atoms with van der Waals surface area (Å²) in [6.45, 7) is 3.28. The van der Waals surface area contributed by atoms with Gasteiger partial charge in [0.2, 0.25) is 5.41 Å². The van der Waals surface area contributed by atoms with Crippen molar-refractivity contribution in [1.82, 2.24) is 0 Å². The highest BCUT2D eigenvalue weighted by Gasteiger charge is 2.65. The second kappa shape index (κ2) is 3.73. The van der Waals surface area contributed by atoms with Gasteiger partial charge >= 0.3 is 17.9 Å². The van der Waals surface area contributed by atoms with Crippen LogP contribution in [-0.2, 0) is 23.9 Å². The Labute approximate surface area is 92.4 Å². The summed E-state index contributed by atoms with van der Waals surface area (Å²) < 4.78 is 9.44. The van der Waals surface area contributed by atoms with Crippen molar-refractivity contribution in [3.8, 4) is 0 Å². The minimum absolute atomic E-state index is 0.403. The van der Waals surface area contributed by atoms with E-state index in [9.17, 15) is 14.4 Å². The molecule has 0 bridgehead atoms. The summed E-state index contributed by atoms with van der Waals surface area (Å²) in [5, 5.41) is 0. The van der Waals surface area contributed by atoms with E-state index in [1.54, 1.807) is 0 Å². The van der Waals surface area contributed by atoms with Crippen molar-refractivity contribution in [1.29, 1.82) is 0 Å². The first-order valence-electron chi connectivity index (χ1n) is 5.21. The van der Waals surface area contributed by atoms with Crippen LogP contribution in [0.2, 0.25) is 0 Å². The van der Waals surface area contributed by atoms with Gasteiger partial charge in [-0.25, -0.2) is 4.79 Å². The molecule has 5 heteroatoms. The first-order chi connectivity index (χ1) is 7.61. The topological polar surface area (TPSA) is 69.7 Å². The minimum Gasteiger partial charge on any atom is -0.457 e. The lowest BCUT2D eigenvalue weighted by Gasteiger charge is -2.43. The van der Waals surface area contributed by atoms with Crippen molar-refractivity contribution < 1.29 is 23.9 Å². The lowest BCUT2D eigenvalue weighted by Crippen LogP contribution is -2.62. The van der Waals surface area contributed by atoms with E-state index in [0.717, 1.165) is 18.9 Å². The lowest BCUT2D eigenvalue weighted by molar-refractivity contribution is -0.213. The molecule has 0 amide bonds. The smallest absolute Gasteiger partial charge is 0.335 e. The molecule has 1 aliphatic carbocycles. The van der Waals surface area contributed by atoms with Gasteiger partial charge < -0.3 is 9.47 Å². The molecule has 0 aromatic heterocycles. The third-order valence-electron chi connectivity index (χ3n) is 3.18. The molecule has 1 spiro atoms. The average molecular weight is 224 g/mol. The Hall–Kier alpha value is -1.65. The molecule has 1 heterocycles. The summed E-state index contributed by atoms with van der Waals surface area (Å²) in [4.78, 5) is 34.0. The number of carbonyl (C=O) groups is 3. The molecule has 0 aromatic carbocycles. The van der Waals surface area contributed by atoms with Gasteiger partial charge in [-0.1, -0.05) is 13.0 Å². The highest BCUT2D eigenvalue weighted by Crippen LogP contribution is 2.46. The van der Waals surface area contributed by atoms with Crippen LogP contribution in [0.4, 0.5) is 0 Å². The molecule has 16 heavy (non-hydrogen) atoms. The number of hydrogen-bond acceptors (Lipinski definition) is 5. The van der Waals surface area contributed by atoms with Crippen LogP contribution in [0.25, 0.3) is 0 Å². The normalized spacial score (nSPS) is 26.9. The Balaban J connectivity index is 2.20. The van der Waals surface area contributed by atoms with Gasteiger partial charge in [-0.05, 0) is 19.3 Å². The predicted molar refractivity (Wildman–Crippen MR) is 52.1 cm³/mol. The van der Waals surface area contributed by atoms with Crippen molar-refractivity contribution in [2.45, 2.75) is 31.8 Å². The number of hydrogen-bond donors (Lipinski definition) is 0. The van der Waals surface area contributed by atoms with Gasteiger partial charge in [0, 0.05) is 6.08 Å². The molecular formula is C11H12O5. The number of cyclic esters (lactones) is 2. The molecule has 5 nitrogen and oxygen atoms in total. The van der Waals surface area contributed by atoms with Crippen LogP contribution < -0.4 is 0 Å². The van der Waals surface area contributed by atoms with E-state index in [2.05, 4.69) is 11.3 Å². The lowest BCUT2D eigenvalue weighted by atomic mass is 9.69. The maximum Gasteiger partial charge on any atom is 0.335 e. The van der Waals surface area contributed by atoms with E-state index in [4.69, 9.17) is 4.74 Å². The van der Waals surface area contributed by atoms with E-state index >= 15 is 0 Å². The van der Waals surface area contributed by atoms with Crippen LogP contribution in [0, 0.1) is 5.41 Å². The molecule has 1 saturated carbocycles. The quantitative estimate of drug-likeness (QED) is 0.393. The molecule has 2 fully saturated rings. The van der Waals surface area contributed by atoms with Crippen molar-refractivity contribution in [2.24, 2.45) is 5.41 Å². The van der Waals surface area contributed by atoms with Crippen LogP contribution in [0.5, 0.6) is 0 Å². The van der Waals surface area contributed by atoms with E-state index in [0.29, 0.717) is 12.8 Å². The highest BCUT2D eigenvalue weighted by molar-refractivity contribution is 6.14. The van der Waals surface area contributed by atoms with E-state index < -0.39 is 29.4 Å². The molecule has 86 valence electrons. The van der Waals surface area contributed by atoms with Crippen LogP contribution in [0.3, 0.4) is 0 Å². The van der Waals surface area contributed by atoms with Gasteiger partial charge in [0.25, 0.3) is 0 Å². The maximum atomic E-state index is 11.4. The Morgan fingerprint density at radius 2 is 2.12 bits per heavy atom. The molecule has 2 aliphatic rings. The zero-order valence-electron chi connectivity index (χ0n) is 8.73. The fraction of sp³-hybridized carbons (Fsp3) is 0.545. The Bertz CT molecular complexity index is 357. The first-order valence-corrected chi connectivity index (χ1v) is 5.21. The molecule has 1 atom stereocenters. The van der Waals surface area contributed by atoms with Gasteiger partial charge in [-0.15, -0.1) is 0 Å². The molecule has 0 aromatic rings. The SMILES string of the molecule is C=CC(=O)OC1CCCCC12C(=O)OC2=O. The Morgan fingerprint density at radius 1 is 1.44 bits per heavy atom. The van der Waals surface area contributed by atoms with E-state index in [-0.39, 0.29) is 0 Å². The number of esters is 3. The van der Waals surface area contributed by atoms with Crippen LogP contribution in [-0.4, -0.2) is 24.0 Å². The third-order valence-corrected chi connectivity index (χ3v) is 3.18. The zero-order chi connectivity index (χ0) is 11.8. The van der Waals surface area contributed by atoms with Gasteiger partial charge in [0.1, 0.15) is 6.10 Å². The highest BCUT2D eigenvalue weighted by atomic mass is 16.6. The summed E-state index contributed by atoms with van der Waals surface area (Å²) in [6.07, 6.45) is 2.85. The van der Waals surface area contributed by atoms with Gasteiger partial charge in [0.05, 0.1) is 0 Å². The van der Waals surface area contributed by atoms with Crippen LogP contribution in [0.1, 0.15) is 25.7 Å². The van der Waals surface area contributed by atoms with Crippen LogP contribution in [0.15, 0.2) is 12.7 Å². The largest absolute Gasteiger partial charge is 0.457 e. The molecular weight excluding hydrogens is 212 g/mol. The maximum absolute atomic E-state index is 11.4. The van der Waals surface area contributed by atoms with Gasteiger partial charge in [-0.2, -0.15) is 0 Å². The molecule has 2 rings (SSSR count). The van der Waals surface area contributed by atoms with Crippen molar-refractivity contribution >= 4 is 17.9 Å². The van der Waals surface area contributed by atoms with Crippen molar-refractivity contribution in [3.05, 3.63) is 12.7 Å². The molecule has 0 radical (unpaired) electrons. The number of rotatable bonds is 2. The summed E-state index contributed by atoms with van der Waals surface area (Å²) in [6, 6.07) is 0. The average Bonchev–Trinajstić information content (AvgIpc) is 2.29. The van der Waals surface area contributed by atoms with Crippen LogP contribution >= 0.6 is 0 Å². The second-order valence-corrected chi connectivity index (χ2v) is 4.02. The standard InChI is InChI=1S/C11H12O5/c1-2-8(12)15-7-5-3-4-6-11(7)9(13)16-10(11)14/h2,7H,1,3-6H2. The number of carbonyl (C=O) groups excluding carboxylic acids is 3. The summed E-state index contributed by atoms with van der Waals surface area (Å²) in [5.74, 6) is -1.75. The third kappa shape index (κ3) is 1.35. The van der Waals surface area contributed by atoms with Crippen molar-refractivity contribution in [3.63, 3.8) is 0 Å². The summed E-state index contributed by atoms with van der Waals surface area (Å²) in [7, 11) is 0. The zero-order valence-corrected chi connectivity index (χ0v) is 8.73. The first kappa shape index (κ1) is 10.9. The number of ether oxygens (including phenoxy) is 2. The molecule has 1 saturated heterocycles. The monoisotopic (exact) mass is 224 g/mol. The van der Waals surface area contributed by atoms with Gasteiger partial charge in [-0.3, -0.25) is 9.59 Å². The minimum atomic E-state index is -1.23. The summed E-state index contributed by atoms with van der Waals surface area (Å²) >= 11 is 0. The van der Waals surface area contributed by atoms with E-state index in [1.165, 1.54) is 0 Å². The van der Waals surface area contributed by atoms with E-state index in [1.807, 2.05) is 0 Å². The van der Waals surface area contributed by atoms with Crippen molar-refractivity contribution in [2.75, 3.05) is 0 Å². The molecule has 1 unspecified atom stereocenters.